The number of nitrogens with one attached hydrogen (secondary N) is 1. The molecule has 1 aromatic carbocycles. The molecule has 0 aliphatic carbocycles. The summed E-state index contributed by atoms with van der Waals surface area (Å²) in [7, 11) is -3.61. The zero-order chi connectivity index (χ0) is 23.3. The van der Waals surface area contributed by atoms with E-state index in [9.17, 15) is 8.42 Å². The van der Waals surface area contributed by atoms with Crippen LogP contribution < -0.4 is 9.46 Å². The predicted octanol–water partition coefficient (Wildman–Crippen LogP) is 0.987. The van der Waals surface area contributed by atoms with Gasteiger partial charge in [-0.15, -0.1) is 0 Å². The van der Waals surface area contributed by atoms with Crippen molar-refractivity contribution < 1.29 is 22.4 Å². The monoisotopic (exact) mass is 475 g/mol. The van der Waals surface area contributed by atoms with E-state index in [1.807, 2.05) is 12.1 Å². The summed E-state index contributed by atoms with van der Waals surface area (Å²) < 4.78 is 44.1. The van der Waals surface area contributed by atoms with Crippen LogP contribution >= 0.6 is 0 Å². The zero-order valence-electron chi connectivity index (χ0n) is 18.6. The molecule has 2 bridgehead atoms. The highest BCUT2D eigenvalue weighted by atomic mass is 32.2. The van der Waals surface area contributed by atoms with E-state index in [0.717, 1.165) is 44.9 Å². The molecule has 2 atom stereocenters. The topological polar surface area (TPSA) is 121 Å². The zero-order valence-corrected chi connectivity index (χ0v) is 19.5. The second-order valence-corrected chi connectivity index (χ2v) is 10.1. The van der Waals surface area contributed by atoms with E-state index in [2.05, 4.69) is 25.7 Å². The molecule has 1 aromatic heterocycles. The van der Waals surface area contributed by atoms with Gasteiger partial charge in [0.1, 0.15) is 10.6 Å². The molecule has 10 nitrogen and oxygen atoms in total. The lowest BCUT2D eigenvalue weighted by Gasteiger charge is -2.45. The number of sulfonamides is 1. The first-order valence-electron chi connectivity index (χ1n) is 11.1. The van der Waals surface area contributed by atoms with Crippen molar-refractivity contribution in [3.05, 3.63) is 41.8 Å². The lowest BCUT2D eigenvalue weighted by molar-refractivity contribution is -0.138. The van der Waals surface area contributed by atoms with Gasteiger partial charge in [-0.05, 0) is 37.6 Å². The summed E-state index contributed by atoms with van der Waals surface area (Å²) in [4.78, 5) is 4.75. The van der Waals surface area contributed by atoms with Crippen molar-refractivity contribution in [3.8, 4) is 11.8 Å². The van der Waals surface area contributed by atoms with E-state index in [-0.39, 0.29) is 22.9 Å². The molecule has 2 unspecified atom stereocenters. The van der Waals surface area contributed by atoms with Crippen LogP contribution in [0.5, 0.6) is 5.75 Å². The van der Waals surface area contributed by atoms with E-state index < -0.39 is 10.0 Å². The van der Waals surface area contributed by atoms with Gasteiger partial charge in [-0.3, -0.25) is 9.80 Å². The molecule has 178 valence electrons. The Hall–Kier alpha value is -2.49. The molecule has 2 aliphatic rings. The van der Waals surface area contributed by atoms with Gasteiger partial charge in [0.05, 0.1) is 36.6 Å². The van der Waals surface area contributed by atoms with Gasteiger partial charge >= 0.3 is 0 Å². The second-order valence-electron chi connectivity index (χ2n) is 8.38. The quantitative estimate of drug-likeness (QED) is 0.501. The number of aromatic nitrogens is 1. The lowest BCUT2D eigenvalue weighted by Crippen LogP contribution is -2.60. The Kier molecular flexibility index (Phi) is 7.62. The van der Waals surface area contributed by atoms with Crippen LogP contribution in [0.15, 0.2) is 39.9 Å². The van der Waals surface area contributed by atoms with Crippen molar-refractivity contribution in [2.75, 3.05) is 52.4 Å². The van der Waals surface area contributed by atoms with Gasteiger partial charge in [0.15, 0.2) is 5.76 Å². The molecule has 0 spiro atoms. The third kappa shape index (κ3) is 6.31. The smallest absolute Gasteiger partial charge is 0.245 e. The first kappa shape index (κ1) is 23.7. The van der Waals surface area contributed by atoms with E-state index in [1.54, 1.807) is 19.1 Å². The second kappa shape index (κ2) is 10.6. The Morgan fingerprint density at radius 2 is 1.82 bits per heavy atom. The molecule has 2 fully saturated rings. The van der Waals surface area contributed by atoms with E-state index in [0.29, 0.717) is 25.3 Å². The average molecular weight is 476 g/mol. The Morgan fingerprint density at radius 3 is 2.42 bits per heavy atom. The lowest BCUT2D eigenvalue weighted by atomic mass is 10.1. The molecule has 1 N–H and O–H groups in total. The third-order valence-electron chi connectivity index (χ3n) is 5.82. The van der Waals surface area contributed by atoms with Crippen molar-refractivity contribution in [2.45, 2.75) is 30.4 Å². The molecule has 33 heavy (non-hydrogen) atoms. The minimum atomic E-state index is -3.61. The van der Waals surface area contributed by atoms with Crippen LogP contribution in [0.3, 0.4) is 0 Å². The highest BCUT2D eigenvalue weighted by Gasteiger charge is 2.34. The van der Waals surface area contributed by atoms with Gasteiger partial charge in [-0.1, -0.05) is 5.16 Å². The summed E-state index contributed by atoms with van der Waals surface area (Å²) in [6.45, 7) is 7.36. The van der Waals surface area contributed by atoms with Crippen molar-refractivity contribution in [1.82, 2.24) is 19.7 Å². The maximum absolute atomic E-state index is 12.4. The molecule has 4 rings (SSSR count). The Labute approximate surface area is 194 Å². The molecule has 0 radical (unpaired) electrons. The van der Waals surface area contributed by atoms with Gasteiger partial charge in [0.2, 0.25) is 10.0 Å². The number of benzene rings is 1. The Morgan fingerprint density at radius 1 is 1.15 bits per heavy atom. The SMILES string of the molecule is Cc1oncc1S(=O)(=O)NCCN1CC2CN(CCCOc3ccc(C#N)cc3)CC(C1)O2. The number of morpholine rings is 2. The number of nitriles is 1. The number of ether oxygens (including phenoxy) is 2. The molecule has 2 aromatic rings. The fraction of sp³-hybridized carbons (Fsp3) is 0.545. The highest BCUT2D eigenvalue weighted by molar-refractivity contribution is 7.89. The molecule has 0 amide bonds. The summed E-state index contributed by atoms with van der Waals surface area (Å²) in [6, 6.07) is 9.25. The number of aryl methyl sites for hydroxylation is 1. The minimum absolute atomic E-state index is 0.0835. The Balaban J connectivity index is 1.15. The minimum Gasteiger partial charge on any atom is -0.494 e. The molecule has 3 heterocycles. The molecule has 11 heteroatoms. The maximum Gasteiger partial charge on any atom is 0.245 e. The van der Waals surface area contributed by atoms with E-state index in [4.69, 9.17) is 19.3 Å². The van der Waals surface area contributed by atoms with Crippen LogP contribution in [0.4, 0.5) is 0 Å². The van der Waals surface area contributed by atoms with Crippen molar-refractivity contribution in [2.24, 2.45) is 0 Å². The fourth-order valence-corrected chi connectivity index (χ4v) is 5.41. The van der Waals surface area contributed by atoms with Gasteiger partial charge < -0.3 is 14.0 Å². The molecule has 2 saturated heterocycles. The highest BCUT2D eigenvalue weighted by Crippen LogP contribution is 2.20. The standard InChI is InChI=1S/C22H29N5O5S/c1-17-22(12-24-32-17)33(28,29)25-7-9-27-15-20-13-26(14-21(16-27)31-20)8-2-10-30-19-5-3-18(11-23)4-6-19/h3-6,12,20-21,25H,2,7-10,13-16H2,1H3. The first-order chi connectivity index (χ1) is 15.9. The van der Waals surface area contributed by atoms with Crippen LogP contribution in [0.25, 0.3) is 0 Å². The third-order valence-corrected chi connectivity index (χ3v) is 7.38. The maximum atomic E-state index is 12.4. The fourth-order valence-electron chi connectivity index (χ4n) is 4.29. The van der Waals surface area contributed by atoms with Crippen molar-refractivity contribution in [1.29, 1.82) is 5.26 Å². The van der Waals surface area contributed by atoms with Gasteiger partial charge in [0, 0.05) is 45.8 Å². The number of hydrogen-bond donors (Lipinski definition) is 1. The van der Waals surface area contributed by atoms with Gasteiger partial charge in [-0.25, -0.2) is 13.1 Å². The van der Waals surface area contributed by atoms with Crippen LogP contribution in [0.2, 0.25) is 0 Å². The van der Waals surface area contributed by atoms with Gasteiger partial charge in [0.25, 0.3) is 0 Å². The number of hydrogen-bond acceptors (Lipinski definition) is 9. The average Bonchev–Trinajstić information content (AvgIpc) is 3.23. The number of nitrogens with zero attached hydrogens (tertiary/aromatic N) is 4. The van der Waals surface area contributed by atoms with Crippen LogP contribution in [0, 0.1) is 18.3 Å². The van der Waals surface area contributed by atoms with Crippen LogP contribution in [0.1, 0.15) is 17.7 Å². The van der Waals surface area contributed by atoms with Crippen LogP contribution in [-0.4, -0.2) is 88.0 Å². The molecule has 0 saturated carbocycles. The summed E-state index contributed by atoms with van der Waals surface area (Å²) >= 11 is 0. The number of rotatable bonds is 10. The predicted molar refractivity (Wildman–Crippen MR) is 119 cm³/mol. The summed E-state index contributed by atoms with van der Waals surface area (Å²) in [6.07, 6.45) is 2.37. The Bertz CT molecular complexity index is 1050. The summed E-state index contributed by atoms with van der Waals surface area (Å²) in [5.74, 6) is 1.06. The van der Waals surface area contributed by atoms with Crippen molar-refractivity contribution in [3.63, 3.8) is 0 Å². The van der Waals surface area contributed by atoms with Gasteiger partial charge in [-0.2, -0.15) is 5.26 Å². The summed E-state index contributed by atoms with van der Waals surface area (Å²) in [5.41, 5.74) is 0.624. The normalized spacial score (nSPS) is 21.6. The number of fused-ring (bicyclic) bond motifs is 2. The largest absolute Gasteiger partial charge is 0.494 e. The molecule has 2 aliphatic heterocycles. The van der Waals surface area contributed by atoms with Crippen LogP contribution in [-0.2, 0) is 14.8 Å². The molecular weight excluding hydrogens is 446 g/mol. The van der Waals surface area contributed by atoms with E-state index >= 15 is 0 Å². The summed E-state index contributed by atoms with van der Waals surface area (Å²) in [5, 5.41) is 12.4. The van der Waals surface area contributed by atoms with E-state index in [1.165, 1.54) is 6.20 Å². The molecular formula is C22H29N5O5S. The van der Waals surface area contributed by atoms with Crippen molar-refractivity contribution >= 4 is 10.0 Å². The first-order valence-corrected chi connectivity index (χ1v) is 12.6.